The van der Waals surface area contributed by atoms with Crippen molar-refractivity contribution in [3.63, 3.8) is 0 Å². The summed E-state index contributed by atoms with van der Waals surface area (Å²) in [6, 6.07) is 6.70. The van der Waals surface area contributed by atoms with Gasteiger partial charge in [-0.05, 0) is 36.8 Å². The smallest absolute Gasteiger partial charge is 0.352 e. The summed E-state index contributed by atoms with van der Waals surface area (Å²) in [5.41, 5.74) is 0.731. The number of carboxylic acids is 1. The maximum atomic E-state index is 14.0. The van der Waals surface area contributed by atoms with E-state index in [0.29, 0.717) is 5.65 Å². The van der Waals surface area contributed by atoms with Gasteiger partial charge < -0.3 is 5.11 Å². The first-order valence-corrected chi connectivity index (χ1v) is 6.15. The predicted molar refractivity (Wildman–Crippen MR) is 72.2 cm³/mol. The van der Waals surface area contributed by atoms with E-state index in [9.17, 15) is 13.6 Å². The van der Waals surface area contributed by atoms with Crippen molar-refractivity contribution in [3.8, 4) is 11.3 Å². The molecule has 0 radical (unpaired) electrons. The Labute approximate surface area is 118 Å². The van der Waals surface area contributed by atoms with Crippen LogP contribution in [0.5, 0.6) is 0 Å². The van der Waals surface area contributed by atoms with Crippen LogP contribution >= 0.6 is 0 Å². The van der Waals surface area contributed by atoms with Gasteiger partial charge in [0, 0.05) is 11.8 Å². The number of imidazole rings is 1. The maximum absolute atomic E-state index is 14.0. The molecular weight excluding hydrogens is 278 g/mol. The molecule has 0 saturated heterocycles. The molecular formula is C15H10F2N2O2. The van der Waals surface area contributed by atoms with E-state index in [-0.39, 0.29) is 22.5 Å². The first-order chi connectivity index (χ1) is 9.97. The summed E-state index contributed by atoms with van der Waals surface area (Å²) in [5.74, 6) is -2.27. The highest BCUT2D eigenvalue weighted by Gasteiger charge is 2.15. The molecule has 2 aromatic heterocycles. The van der Waals surface area contributed by atoms with E-state index in [1.807, 2.05) is 0 Å². The number of carboxylic acid groups (broad SMARTS) is 1. The first kappa shape index (κ1) is 13.2. The quantitative estimate of drug-likeness (QED) is 0.787. The average Bonchev–Trinajstić information content (AvgIpc) is 2.85. The van der Waals surface area contributed by atoms with E-state index in [0.717, 1.165) is 12.1 Å². The van der Waals surface area contributed by atoms with Crippen LogP contribution in [0.25, 0.3) is 16.9 Å². The van der Waals surface area contributed by atoms with E-state index in [2.05, 4.69) is 4.98 Å². The van der Waals surface area contributed by atoms with Gasteiger partial charge >= 0.3 is 5.97 Å². The van der Waals surface area contributed by atoms with Gasteiger partial charge in [-0.3, -0.25) is 4.40 Å². The van der Waals surface area contributed by atoms with Crippen molar-refractivity contribution >= 4 is 11.6 Å². The van der Waals surface area contributed by atoms with E-state index < -0.39 is 17.6 Å². The highest BCUT2D eigenvalue weighted by atomic mass is 19.1. The third-order valence-electron chi connectivity index (χ3n) is 3.24. The number of hydrogen-bond acceptors (Lipinski definition) is 2. The maximum Gasteiger partial charge on any atom is 0.352 e. The zero-order valence-corrected chi connectivity index (χ0v) is 11.0. The van der Waals surface area contributed by atoms with Gasteiger partial charge in [-0.15, -0.1) is 0 Å². The molecule has 4 nitrogen and oxygen atoms in total. The second-order valence-electron chi connectivity index (χ2n) is 4.65. The van der Waals surface area contributed by atoms with Crippen molar-refractivity contribution in [3.05, 3.63) is 59.4 Å². The molecule has 0 aliphatic carbocycles. The van der Waals surface area contributed by atoms with Crippen molar-refractivity contribution in [2.24, 2.45) is 0 Å². The molecule has 3 aromatic rings. The molecule has 0 atom stereocenters. The van der Waals surface area contributed by atoms with Crippen LogP contribution in [0, 0.1) is 18.6 Å². The predicted octanol–water partition coefficient (Wildman–Crippen LogP) is 3.29. The van der Waals surface area contributed by atoms with Crippen molar-refractivity contribution in [2.45, 2.75) is 6.92 Å². The van der Waals surface area contributed by atoms with Gasteiger partial charge in [-0.1, -0.05) is 6.07 Å². The van der Waals surface area contributed by atoms with E-state index >= 15 is 0 Å². The van der Waals surface area contributed by atoms with Gasteiger partial charge in [0.2, 0.25) is 0 Å². The molecule has 0 amide bonds. The van der Waals surface area contributed by atoms with Gasteiger partial charge in [0.25, 0.3) is 0 Å². The Bertz CT molecular complexity index is 871. The molecule has 0 unspecified atom stereocenters. The van der Waals surface area contributed by atoms with Crippen molar-refractivity contribution in [2.75, 3.05) is 0 Å². The number of nitrogens with zero attached hydrogens (tertiary/aromatic N) is 2. The Hall–Kier alpha value is -2.76. The van der Waals surface area contributed by atoms with Crippen LogP contribution in [-0.2, 0) is 0 Å². The Balaban J connectivity index is 2.25. The van der Waals surface area contributed by atoms with Crippen molar-refractivity contribution in [1.82, 2.24) is 9.38 Å². The summed E-state index contributed by atoms with van der Waals surface area (Å²) in [7, 11) is 0. The largest absolute Gasteiger partial charge is 0.477 e. The number of aromatic nitrogens is 2. The number of fused-ring (bicyclic) bond motifs is 1. The highest BCUT2D eigenvalue weighted by molar-refractivity contribution is 5.87. The molecule has 0 saturated carbocycles. The zero-order chi connectivity index (χ0) is 15.1. The molecule has 0 fully saturated rings. The number of aromatic carboxylic acids is 1. The fraction of sp³-hybridized carbons (Fsp3) is 0.0667. The lowest BCUT2D eigenvalue weighted by atomic mass is 10.1. The molecule has 0 aliphatic rings. The number of aryl methyl sites for hydroxylation is 1. The van der Waals surface area contributed by atoms with E-state index in [4.69, 9.17) is 5.11 Å². The molecule has 6 heteroatoms. The summed E-state index contributed by atoms with van der Waals surface area (Å²) in [6.45, 7) is 1.47. The minimum atomic E-state index is -1.12. The van der Waals surface area contributed by atoms with Gasteiger partial charge in [0.05, 0.1) is 5.69 Å². The number of halogens is 2. The number of benzene rings is 1. The fourth-order valence-electron chi connectivity index (χ4n) is 2.16. The van der Waals surface area contributed by atoms with Gasteiger partial charge in [0.15, 0.2) is 0 Å². The number of pyridine rings is 1. The number of carbonyl (C=O) groups is 1. The van der Waals surface area contributed by atoms with Crippen LogP contribution in [0.4, 0.5) is 8.78 Å². The summed E-state index contributed by atoms with van der Waals surface area (Å²) in [4.78, 5) is 15.3. The molecule has 21 heavy (non-hydrogen) atoms. The molecule has 1 N–H and O–H groups in total. The standard InChI is InChI=1S/C15H10F2N2O2/c1-8-5-11(17)9(6-10(8)16)12-7-19-13(15(20)21)3-2-4-14(19)18-12/h2-7H,1H3,(H,20,21). The Kier molecular flexibility index (Phi) is 2.94. The van der Waals surface area contributed by atoms with Crippen molar-refractivity contribution in [1.29, 1.82) is 0 Å². The summed E-state index contributed by atoms with van der Waals surface area (Å²) in [6.07, 6.45) is 1.38. The van der Waals surface area contributed by atoms with Crippen LogP contribution < -0.4 is 0 Å². The highest BCUT2D eigenvalue weighted by Crippen LogP contribution is 2.25. The molecule has 0 aliphatic heterocycles. The monoisotopic (exact) mass is 288 g/mol. The molecule has 106 valence electrons. The van der Waals surface area contributed by atoms with Gasteiger partial charge in [-0.25, -0.2) is 18.6 Å². The zero-order valence-electron chi connectivity index (χ0n) is 11.0. The lowest BCUT2D eigenvalue weighted by Crippen LogP contribution is -2.03. The average molecular weight is 288 g/mol. The minimum absolute atomic E-state index is 0.000702. The first-order valence-electron chi connectivity index (χ1n) is 6.15. The van der Waals surface area contributed by atoms with Gasteiger partial charge in [0.1, 0.15) is 23.0 Å². The molecule has 1 aromatic carbocycles. The van der Waals surface area contributed by atoms with Crippen LogP contribution in [0.2, 0.25) is 0 Å². The molecule has 0 spiro atoms. The van der Waals surface area contributed by atoms with Crippen LogP contribution in [-0.4, -0.2) is 20.5 Å². The summed E-state index contributed by atoms with van der Waals surface area (Å²) < 4.78 is 28.9. The van der Waals surface area contributed by atoms with E-state index in [1.54, 1.807) is 12.1 Å². The molecule has 3 rings (SSSR count). The Morgan fingerprint density at radius 1 is 1.24 bits per heavy atom. The van der Waals surface area contributed by atoms with Crippen LogP contribution in [0.15, 0.2) is 36.5 Å². The SMILES string of the molecule is Cc1cc(F)c(-c2cn3c(C(=O)O)cccc3n2)cc1F. The third-order valence-corrected chi connectivity index (χ3v) is 3.24. The Morgan fingerprint density at radius 3 is 2.71 bits per heavy atom. The summed E-state index contributed by atoms with van der Waals surface area (Å²) >= 11 is 0. The second-order valence-corrected chi connectivity index (χ2v) is 4.65. The Morgan fingerprint density at radius 2 is 2.00 bits per heavy atom. The van der Waals surface area contributed by atoms with Crippen molar-refractivity contribution < 1.29 is 18.7 Å². The van der Waals surface area contributed by atoms with Crippen LogP contribution in [0.1, 0.15) is 16.1 Å². The van der Waals surface area contributed by atoms with Crippen LogP contribution in [0.3, 0.4) is 0 Å². The summed E-state index contributed by atoms with van der Waals surface area (Å²) in [5, 5.41) is 9.12. The van der Waals surface area contributed by atoms with E-state index in [1.165, 1.54) is 23.6 Å². The third kappa shape index (κ3) is 2.14. The number of hydrogen-bond donors (Lipinski definition) is 1. The normalized spacial score (nSPS) is 11.0. The number of rotatable bonds is 2. The lowest BCUT2D eigenvalue weighted by Gasteiger charge is -2.02. The minimum Gasteiger partial charge on any atom is -0.477 e. The fourth-order valence-corrected chi connectivity index (χ4v) is 2.16. The van der Waals surface area contributed by atoms with Gasteiger partial charge in [-0.2, -0.15) is 0 Å². The lowest BCUT2D eigenvalue weighted by molar-refractivity contribution is 0.0689. The molecule has 2 heterocycles. The molecule has 0 bridgehead atoms. The second kappa shape index (κ2) is 4.66. The topological polar surface area (TPSA) is 54.6 Å².